The van der Waals surface area contributed by atoms with Crippen molar-refractivity contribution in [2.24, 2.45) is 23.5 Å². The summed E-state index contributed by atoms with van der Waals surface area (Å²) in [6, 6.07) is 16.0. The number of aromatic nitrogens is 1. The predicted molar refractivity (Wildman–Crippen MR) is 231 cm³/mol. The number of allylic oxidation sites excluding steroid dienone is 1. The average molecular weight is 855 g/mol. The number of nitrogens with two attached hydrogens (primary N) is 1. The minimum absolute atomic E-state index is 0.00246. The number of rotatable bonds is 10. The van der Waals surface area contributed by atoms with Crippen molar-refractivity contribution in [3.05, 3.63) is 66.7 Å². The highest BCUT2D eigenvalue weighted by atomic mass is 32.2. The monoisotopic (exact) mass is 854 g/mol. The lowest BCUT2D eigenvalue weighted by molar-refractivity contribution is -0.145. The highest BCUT2D eigenvalue weighted by Gasteiger charge is 2.62. The highest BCUT2D eigenvalue weighted by molar-refractivity contribution is 7.91. The smallest absolute Gasteiger partial charge is 0.259 e. The number of hydrogen-bond acceptors (Lipinski definition) is 10. The van der Waals surface area contributed by atoms with Gasteiger partial charge in [0.25, 0.3) is 5.91 Å². The molecule has 4 amide bonds. The summed E-state index contributed by atoms with van der Waals surface area (Å²) < 4.78 is 40.5. The van der Waals surface area contributed by atoms with Gasteiger partial charge in [-0.1, -0.05) is 55.3 Å². The van der Waals surface area contributed by atoms with E-state index in [4.69, 9.17) is 20.2 Å². The van der Waals surface area contributed by atoms with E-state index in [0.29, 0.717) is 66.9 Å². The molecule has 2 aromatic carbocycles. The molecular formula is C46H58N6O8S. The highest BCUT2D eigenvalue weighted by Crippen LogP contribution is 2.46. The van der Waals surface area contributed by atoms with Crippen molar-refractivity contribution in [2.75, 3.05) is 26.7 Å². The van der Waals surface area contributed by atoms with Crippen LogP contribution in [0.2, 0.25) is 0 Å². The molecule has 8 rings (SSSR count). The molecule has 4 heterocycles. The van der Waals surface area contributed by atoms with Crippen LogP contribution in [0.5, 0.6) is 11.5 Å². The number of carbonyl (C=O) groups is 4. The fourth-order valence-electron chi connectivity index (χ4n) is 9.25. The molecule has 0 bridgehead atoms. The number of likely N-dealkylation sites (tertiary alicyclic amines) is 1. The summed E-state index contributed by atoms with van der Waals surface area (Å²) in [7, 11) is -2.31. The van der Waals surface area contributed by atoms with Crippen molar-refractivity contribution in [1.82, 2.24) is 24.8 Å². The molecule has 1 aromatic heterocycles. The largest absolute Gasteiger partial charge is 0.497 e. The predicted octanol–water partition coefficient (Wildman–Crippen LogP) is 4.85. The first-order valence-corrected chi connectivity index (χ1v) is 23.3. The normalized spacial score (nSPS) is 27.9. The van der Waals surface area contributed by atoms with Crippen LogP contribution >= 0.6 is 0 Å². The molecule has 6 atom stereocenters. The zero-order valence-electron chi connectivity index (χ0n) is 35.3. The van der Waals surface area contributed by atoms with E-state index in [2.05, 4.69) is 10.0 Å². The number of amides is 4. The standard InChI is InChI=1S/C46H58N6O8S/c1-45(2,47)32-20-21-51(27-32)41(53)22-30-14-8-5-4-6-11-15-31-26-46(31,44(56)50-61(57,58)35-17-18-35)49-42(54)39-24-34(28-52(39)43(30)55)60-40-25-37(29-12-9-7-10-13-29)48-38-23-33(59-3)16-19-36(38)40/h7,9-13,15-16,19,23,25,30-32,34-35,39H,4-6,8,14,17-18,20-22,24,26-28,47H2,1-3H3,(H,49,54)(H,50,56)/b15-11-/t30-,31-,32-,34-,39+,46-/m1/s1. The first-order valence-electron chi connectivity index (χ1n) is 21.8. The van der Waals surface area contributed by atoms with Crippen LogP contribution in [0.3, 0.4) is 0 Å². The maximum Gasteiger partial charge on any atom is 0.259 e. The topological polar surface area (TPSA) is 190 Å². The molecule has 0 unspecified atom stereocenters. The lowest BCUT2D eigenvalue weighted by Gasteiger charge is -2.30. The molecule has 4 fully saturated rings. The molecule has 3 aromatic rings. The van der Waals surface area contributed by atoms with Crippen molar-refractivity contribution in [1.29, 1.82) is 0 Å². The Morgan fingerprint density at radius 2 is 1.80 bits per heavy atom. The van der Waals surface area contributed by atoms with E-state index in [-0.39, 0.29) is 43.5 Å². The van der Waals surface area contributed by atoms with Crippen molar-refractivity contribution in [3.63, 3.8) is 0 Å². The van der Waals surface area contributed by atoms with Crippen LogP contribution in [-0.4, -0.2) is 102 Å². The zero-order chi connectivity index (χ0) is 43.1. The number of pyridine rings is 1. The van der Waals surface area contributed by atoms with Gasteiger partial charge in [0.2, 0.25) is 27.7 Å². The van der Waals surface area contributed by atoms with Gasteiger partial charge in [-0.3, -0.25) is 23.9 Å². The minimum atomic E-state index is -3.90. The lowest BCUT2D eigenvalue weighted by Crippen LogP contribution is -2.57. The molecule has 0 spiro atoms. The molecule has 0 radical (unpaired) electrons. The molecule has 326 valence electrons. The Labute approximate surface area is 358 Å². The van der Waals surface area contributed by atoms with Crippen LogP contribution in [0.1, 0.15) is 84.5 Å². The number of nitrogens with one attached hydrogen (secondary N) is 2. The first-order chi connectivity index (χ1) is 29.1. The van der Waals surface area contributed by atoms with E-state index >= 15 is 0 Å². The Hall–Kier alpha value is -5.02. The second-order valence-electron chi connectivity index (χ2n) is 18.3. The molecule has 2 saturated carbocycles. The molecule has 2 saturated heterocycles. The number of sulfonamides is 1. The second kappa shape index (κ2) is 17.0. The number of nitrogens with zero attached hydrogens (tertiary/aromatic N) is 3. The molecular weight excluding hydrogens is 797 g/mol. The summed E-state index contributed by atoms with van der Waals surface area (Å²) in [4.78, 5) is 65.8. The van der Waals surface area contributed by atoms with E-state index in [1.165, 1.54) is 4.90 Å². The van der Waals surface area contributed by atoms with Gasteiger partial charge in [-0.25, -0.2) is 13.4 Å². The fourth-order valence-corrected chi connectivity index (χ4v) is 10.6. The second-order valence-corrected chi connectivity index (χ2v) is 20.3. The van der Waals surface area contributed by atoms with Gasteiger partial charge in [-0.05, 0) is 76.8 Å². The van der Waals surface area contributed by atoms with Gasteiger partial charge < -0.3 is 30.3 Å². The Morgan fingerprint density at radius 1 is 1.02 bits per heavy atom. The Kier molecular flexibility index (Phi) is 11.9. The summed E-state index contributed by atoms with van der Waals surface area (Å²) in [5.74, 6) is -1.61. The summed E-state index contributed by atoms with van der Waals surface area (Å²) in [6.45, 7) is 5.09. The molecule has 14 nitrogen and oxygen atoms in total. The Bertz CT molecular complexity index is 2310. The van der Waals surface area contributed by atoms with Crippen LogP contribution in [0, 0.1) is 17.8 Å². The quantitative estimate of drug-likeness (QED) is 0.238. The zero-order valence-corrected chi connectivity index (χ0v) is 36.1. The lowest BCUT2D eigenvalue weighted by atomic mass is 9.88. The molecule has 4 N–H and O–H groups in total. The van der Waals surface area contributed by atoms with Gasteiger partial charge in [-0.2, -0.15) is 0 Å². The van der Waals surface area contributed by atoms with Crippen molar-refractivity contribution >= 4 is 44.6 Å². The van der Waals surface area contributed by atoms with Crippen molar-refractivity contribution < 1.29 is 37.1 Å². The first kappa shape index (κ1) is 42.7. The van der Waals surface area contributed by atoms with Crippen LogP contribution in [0.4, 0.5) is 0 Å². The van der Waals surface area contributed by atoms with E-state index in [9.17, 15) is 27.6 Å². The van der Waals surface area contributed by atoms with Gasteiger partial charge in [0.1, 0.15) is 29.2 Å². The number of carbonyl (C=O) groups excluding carboxylic acids is 4. The number of hydrogen-bond donors (Lipinski definition) is 3. The SMILES string of the molecule is COc1ccc2c(O[C@@H]3C[C@H]4C(=O)N[C@]5(C(=O)NS(=O)(=O)C6CC6)C[C@H]5/C=C\CCCCC[C@H](CC(=O)N5CC[C@@H](C(C)(C)N)C5)C(=O)N4C3)cc(-c3ccccc3)nc2c1. The van der Waals surface area contributed by atoms with Crippen LogP contribution in [-0.2, 0) is 29.2 Å². The van der Waals surface area contributed by atoms with Gasteiger partial charge in [0.05, 0.1) is 30.1 Å². The summed E-state index contributed by atoms with van der Waals surface area (Å²) in [5.41, 5.74) is 6.67. The Morgan fingerprint density at radius 3 is 2.52 bits per heavy atom. The van der Waals surface area contributed by atoms with E-state index in [0.717, 1.165) is 31.2 Å². The third-order valence-corrected chi connectivity index (χ3v) is 15.1. The summed E-state index contributed by atoms with van der Waals surface area (Å²) in [6.07, 6.45) is 8.84. The van der Waals surface area contributed by atoms with Gasteiger partial charge >= 0.3 is 0 Å². The maximum atomic E-state index is 15.0. The van der Waals surface area contributed by atoms with Crippen LogP contribution < -0.4 is 25.2 Å². The van der Waals surface area contributed by atoms with Crippen LogP contribution in [0.25, 0.3) is 22.2 Å². The van der Waals surface area contributed by atoms with Gasteiger partial charge in [0.15, 0.2) is 0 Å². The van der Waals surface area contributed by atoms with Crippen molar-refractivity contribution in [3.8, 4) is 22.8 Å². The third-order valence-electron chi connectivity index (χ3n) is 13.3. The van der Waals surface area contributed by atoms with E-state index in [1.807, 2.05) is 85.5 Å². The summed E-state index contributed by atoms with van der Waals surface area (Å²) >= 11 is 0. The number of benzene rings is 2. The van der Waals surface area contributed by atoms with Gasteiger partial charge in [-0.15, -0.1) is 0 Å². The van der Waals surface area contributed by atoms with E-state index in [1.54, 1.807) is 7.11 Å². The number of methoxy groups -OCH3 is 1. The van der Waals surface area contributed by atoms with E-state index < -0.39 is 62.1 Å². The van der Waals surface area contributed by atoms with Gasteiger partial charge in [0, 0.05) is 66.4 Å². The minimum Gasteiger partial charge on any atom is -0.497 e. The maximum absolute atomic E-state index is 15.0. The molecule has 61 heavy (non-hydrogen) atoms. The number of ether oxygens (including phenoxy) is 2. The Balaban J connectivity index is 1.12. The molecule has 15 heteroatoms. The molecule has 2 aliphatic carbocycles. The van der Waals surface area contributed by atoms with Crippen molar-refractivity contribution in [2.45, 2.75) is 113 Å². The summed E-state index contributed by atoms with van der Waals surface area (Å²) in [5, 5.41) is 3.05. The third kappa shape index (κ3) is 9.28. The molecule has 3 aliphatic heterocycles. The number of fused-ring (bicyclic) bond motifs is 3. The molecule has 5 aliphatic rings. The fraction of sp³-hybridized carbons (Fsp3) is 0.543. The van der Waals surface area contributed by atoms with Crippen LogP contribution in [0.15, 0.2) is 66.7 Å². The average Bonchev–Trinajstić information content (AvgIpc) is 4.11.